The molecule has 0 spiro atoms. The first kappa shape index (κ1) is 17.3. The van der Waals surface area contributed by atoms with Crippen molar-refractivity contribution >= 4 is 29.2 Å². The smallest absolute Gasteiger partial charge is 0.365 e. The van der Waals surface area contributed by atoms with Crippen molar-refractivity contribution in [1.82, 2.24) is 4.98 Å². The van der Waals surface area contributed by atoms with Crippen LogP contribution in [0.4, 0.5) is 23.2 Å². The minimum absolute atomic E-state index is 0.393. The van der Waals surface area contributed by atoms with Crippen molar-refractivity contribution in [2.45, 2.75) is 30.7 Å². The lowest BCUT2D eigenvalue weighted by Crippen LogP contribution is -2.23. The quantitative estimate of drug-likeness (QED) is 0.534. The largest absolute Gasteiger partial charge is 0.478 e. The summed E-state index contributed by atoms with van der Waals surface area (Å²) in [6.07, 6.45) is -2.49. The molecule has 0 aromatic carbocycles. The highest BCUT2D eigenvalue weighted by atomic mass is 35.5. The van der Waals surface area contributed by atoms with Crippen molar-refractivity contribution in [3.05, 3.63) is 22.5 Å². The van der Waals surface area contributed by atoms with Gasteiger partial charge in [-0.25, -0.2) is 23.4 Å². The van der Waals surface area contributed by atoms with Crippen LogP contribution < -0.4 is 5.32 Å². The number of carboxylic acids is 2. The molecule has 3 N–H and O–H groups in total. The van der Waals surface area contributed by atoms with Gasteiger partial charge in [-0.3, -0.25) is 0 Å². The second-order valence-corrected chi connectivity index (χ2v) is 5.27. The number of hydrogen-bond donors (Lipinski definition) is 3. The minimum Gasteiger partial charge on any atom is -0.478 e. The average molecular weight is 357 g/mol. The molecule has 1 aromatic rings. The molecule has 1 aliphatic carbocycles. The minimum atomic E-state index is -4.37. The van der Waals surface area contributed by atoms with Crippen LogP contribution in [0.25, 0.3) is 0 Å². The first-order valence-corrected chi connectivity index (χ1v) is 6.58. The normalized spacial score (nSPS) is 14.9. The number of pyridine rings is 1. The number of nitrogens with zero attached hydrogens (tertiary/aromatic N) is 1. The summed E-state index contributed by atoms with van der Waals surface area (Å²) < 4.78 is 52.9. The highest BCUT2D eigenvalue weighted by molar-refractivity contribution is 6.22. The van der Waals surface area contributed by atoms with Gasteiger partial charge in [0.05, 0.1) is 5.69 Å². The van der Waals surface area contributed by atoms with Gasteiger partial charge < -0.3 is 15.5 Å². The predicted octanol–water partition coefficient (Wildman–Crippen LogP) is 3.28. The molecule has 0 saturated heterocycles. The SMILES string of the molecule is O=C(O)c1c(C(F)F)nc(C(F)(F)Cl)c(C(=O)O)c1NC1CC1. The fourth-order valence-electron chi connectivity index (χ4n) is 1.97. The third-order valence-electron chi connectivity index (χ3n) is 3.05. The van der Waals surface area contributed by atoms with Crippen molar-refractivity contribution in [2.75, 3.05) is 5.32 Å². The number of anilines is 1. The van der Waals surface area contributed by atoms with Gasteiger partial charge in [-0.15, -0.1) is 0 Å². The summed E-state index contributed by atoms with van der Waals surface area (Å²) in [6.45, 7) is 0. The van der Waals surface area contributed by atoms with Gasteiger partial charge in [-0.05, 0) is 24.4 Å². The van der Waals surface area contributed by atoms with Gasteiger partial charge in [0.25, 0.3) is 6.43 Å². The van der Waals surface area contributed by atoms with E-state index in [0.29, 0.717) is 12.8 Å². The number of aromatic carboxylic acids is 2. The Bertz CT molecular complexity index is 674. The Morgan fingerprint density at radius 3 is 2.09 bits per heavy atom. The maximum Gasteiger partial charge on any atom is 0.365 e. The number of carbonyl (C=O) groups is 2. The summed E-state index contributed by atoms with van der Waals surface area (Å²) in [4.78, 5) is 25.4. The van der Waals surface area contributed by atoms with E-state index in [4.69, 9.17) is 21.8 Å². The van der Waals surface area contributed by atoms with Crippen LogP contribution in [0.2, 0.25) is 0 Å². The van der Waals surface area contributed by atoms with E-state index in [1.165, 1.54) is 0 Å². The molecule has 1 aliphatic rings. The lowest BCUT2D eigenvalue weighted by molar-refractivity contribution is 0.0637. The van der Waals surface area contributed by atoms with Crippen LogP contribution in [0.5, 0.6) is 0 Å². The zero-order chi connectivity index (χ0) is 17.5. The number of nitrogens with one attached hydrogen (secondary N) is 1. The van der Waals surface area contributed by atoms with E-state index >= 15 is 0 Å². The molecule has 0 amide bonds. The molecule has 11 heteroatoms. The molecule has 1 saturated carbocycles. The van der Waals surface area contributed by atoms with E-state index in [2.05, 4.69) is 10.3 Å². The number of rotatable bonds is 6. The van der Waals surface area contributed by atoms with E-state index < -0.39 is 58.0 Å². The number of aromatic nitrogens is 1. The second kappa shape index (κ2) is 5.84. The molecule has 0 unspecified atom stereocenters. The molecular weight excluding hydrogens is 348 g/mol. The Kier molecular flexibility index (Phi) is 4.38. The maximum absolute atomic E-state index is 13.4. The Morgan fingerprint density at radius 1 is 1.22 bits per heavy atom. The fourth-order valence-corrected chi connectivity index (χ4v) is 2.10. The Morgan fingerprint density at radius 2 is 1.74 bits per heavy atom. The number of alkyl halides is 5. The van der Waals surface area contributed by atoms with Crippen LogP contribution in [-0.2, 0) is 5.38 Å². The van der Waals surface area contributed by atoms with Gasteiger partial charge in [-0.1, -0.05) is 0 Å². The third-order valence-corrected chi connectivity index (χ3v) is 3.23. The fraction of sp³-hybridized carbons (Fsp3) is 0.417. The predicted molar refractivity (Wildman–Crippen MR) is 69.5 cm³/mol. The summed E-state index contributed by atoms with van der Waals surface area (Å²) in [5.74, 6) is -3.87. The molecule has 6 nitrogen and oxygen atoms in total. The molecule has 1 fully saturated rings. The monoisotopic (exact) mass is 356 g/mol. The summed E-state index contributed by atoms with van der Waals surface area (Å²) in [5.41, 5.74) is -6.34. The average Bonchev–Trinajstić information content (AvgIpc) is 3.19. The molecule has 0 radical (unpaired) electrons. The third kappa shape index (κ3) is 3.46. The molecule has 0 atom stereocenters. The molecule has 1 heterocycles. The second-order valence-electron chi connectivity index (χ2n) is 4.80. The summed E-state index contributed by atoms with van der Waals surface area (Å²) in [7, 11) is 0. The first-order valence-electron chi connectivity index (χ1n) is 6.20. The van der Waals surface area contributed by atoms with Gasteiger partial charge >= 0.3 is 17.3 Å². The molecule has 0 bridgehead atoms. The number of halogens is 5. The van der Waals surface area contributed by atoms with Crippen LogP contribution in [-0.4, -0.2) is 33.2 Å². The van der Waals surface area contributed by atoms with E-state index in [1.807, 2.05) is 0 Å². The van der Waals surface area contributed by atoms with Crippen LogP contribution in [0.1, 0.15) is 51.4 Å². The van der Waals surface area contributed by atoms with Gasteiger partial charge in [0.15, 0.2) is 0 Å². The molecule has 23 heavy (non-hydrogen) atoms. The molecule has 1 aromatic heterocycles. The van der Waals surface area contributed by atoms with E-state index in [1.54, 1.807) is 0 Å². The standard InChI is InChI=1S/C12H9ClF4N2O4/c13-12(16,17)8-5(11(22)23)6(18-3-1-2-3)4(10(20)21)7(19-8)9(14)15/h3,9H,1-2H2,(H,18,19)(H,20,21)(H,22,23). The number of carboxylic acid groups (broad SMARTS) is 2. The van der Waals surface area contributed by atoms with Crippen LogP contribution in [0.3, 0.4) is 0 Å². The van der Waals surface area contributed by atoms with Crippen LogP contribution >= 0.6 is 11.6 Å². The molecule has 0 aliphatic heterocycles. The molecule has 2 rings (SSSR count). The van der Waals surface area contributed by atoms with Crippen molar-refractivity contribution in [1.29, 1.82) is 0 Å². The van der Waals surface area contributed by atoms with Crippen molar-refractivity contribution in [3.8, 4) is 0 Å². The lowest BCUT2D eigenvalue weighted by atomic mass is 10.0. The summed E-state index contributed by atoms with van der Waals surface area (Å²) in [5, 5.41) is 16.3. The Hall–Kier alpha value is -2.10. The van der Waals surface area contributed by atoms with E-state index in [-0.39, 0.29) is 0 Å². The van der Waals surface area contributed by atoms with Gasteiger partial charge in [0.2, 0.25) is 0 Å². The van der Waals surface area contributed by atoms with Crippen molar-refractivity contribution in [2.24, 2.45) is 0 Å². The summed E-state index contributed by atoms with van der Waals surface area (Å²) in [6, 6.07) is -0.393. The van der Waals surface area contributed by atoms with E-state index in [9.17, 15) is 27.2 Å². The molecule has 126 valence electrons. The van der Waals surface area contributed by atoms with Gasteiger partial charge in [-0.2, -0.15) is 8.78 Å². The highest BCUT2D eigenvalue weighted by Gasteiger charge is 2.42. The Balaban J connectivity index is 2.87. The van der Waals surface area contributed by atoms with Crippen LogP contribution in [0.15, 0.2) is 0 Å². The van der Waals surface area contributed by atoms with Gasteiger partial charge in [0.1, 0.15) is 22.5 Å². The highest BCUT2D eigenvalue weighted by Crippen LogP contribution is 2.41. The number of hydrogen-bond acceptors (Lipinski definition) is 4. The van der Waals surface area contributed by atoms with Gasteiger partial charge in [0, 0.05) is 6.04 Å². The summed E-state index contributed by atoms with van der Waals surface area (Å²) >= 11 is 4.76. The van der Waals surface area contributed by atoms with Crippen molar-refractivity contribution in [3.63, 3.8) is 0 Å². The van der Waals surface area contributed by atoms with Crippen LogP contribution in [0, 0.1) is 0 Å². The maximum atomic E-state index is 13.4. The topological polar surface area (TPSA) is 99.5 Å². The molecular formula is C12H9ClF4N2O4. The first-order chi connectivity index (χ1) is 10.5. The Labute approximate surface area is 131 Å². The van der Waals surface area contributed by atoms with Crippen molar-refractivity contribution < 1.29 is 37.4 Å². The van der Waals surface area contributed by atoms with E-state index in [0.717, 1.165) is 0 Å². The lowest BCUT2D eigenvalue weighted by Gasteiger charge is -2.20. The zero-order valence-electron chi connectivity index (χ0n) is 11.1. The zero-order valence-corrected chi connectivity index (χ0v) is 11.9.